The van der Waals surface area contributed by atoms with E-state index >= 15 is 0 Å². The lowest BCUT2D eigenvalue weighted by molar-refractivity contribution is 0.0270. The molecule has 20 heavy (non-hydrogen) atoms. The minimum atomic E-state index is -0.949. The van der Waals surface area contributed by atoms with E-state index in [1.807, 2.05) is 30.3 Å². The van der Waals surface area contributed by atoms with Crippen molar-refractivity contribution in [3.63, 3.8) is 0 Å². The van der Waals surface area contributed by atoms with Crippen LogP contribution in [0.1, 0.15) is 16.9 Å². The number of hydrogen-bond donors (Lipinski definition) is 1. The van der Waals surface area contributed by atoms with Crippen LogP contribution in [0.3, 0.4) is 0 Å². The Balaban J connectivity index is 1.80. The lowest BCUT2D eigenvalue weighted by Crippen LogP contribution is -2.25. The zero-order valence-electron chi connectivity index (χ0n) is 10.8. The Morgan fingerprint density at radius 2 is 1.70 bits per heavy atom. The average Bonchev–Trinajstić information content (AvgIpc) is 2.98. The first-order valence-corrected chi connectivity index (χ1v) is 7.01. The van der Waals surface area contributed by atoms with Gasteiger partial charge >= 0.3 is 0 Å². The van der Waals surface area contributed by atoms with Gasteiger partial charge in [-0.3, -0.25) is 0 Å². The largest absolute Gasteiger partial charge is 0.458 e. The molecule has 0 fully saturated rings. The van der Waals surface area contributed by atoms with Crippen molar-refractivity contribution in [2.45, 2.75) is 18.4 Å². The van der Waals surface area contributed by atoms with Gasteiger partial charge in [0.05, 0.1) is 0 Å². The van der Waals surface area contributed by atoms with Crippen molar-refractivity contribution in [2.24, 2.45) is 0 Å². The number of aliphatic hydroxyl groups is 1. The predicted molar refractivity (Wildman–Crippen MR) is 79.0 cm³/mol. The Hall–Kier alpha value is -1.77. The van der Waals surface area contributed by atoms with Gasteiger partial charge in [0.25, 0.3) is 0 Å². The molecule has 1 aliphatic carbocycles. The molecule has 1 aromatic heterocycles. The van der Waals surface area contributed by atoms with E-state index in [-0.39, 0.29) is 0 Å². The average molecular weight is 285 g/mol. The molecule has 0 radical (unpaired) electrons. The molecule has 1 aliphatic rings. The summed E-state index contributed by atoms with van der Waals surface area (Å²) in [6.07, 6.45) is 1.19. The van der Waals surface area contributed by atoms with E-state index in [9.17, 15) is 5.11 Å². The number of benzene rings is 2. The molecule has 1 N–H and O–H groups in total. The molecule has 3 heteroatoms. The second-order valence-corrected chi connectivity index (χ2v) is 5.88. The molecule has 0 saturated carbocycles. The van der Waals surface area contributed by atoms with Crippen LogP contribution in [0.2, 0.25) is 5.02 Å². The summed E-state index contributed by atoms with van der Waals surface area (Å²) in [6, 6.07) is 15.5. The Bertz CT molecular complexity index is 779. The number of furan rings is 1. The van der Waals surface area contributed by atoms with E-state index in [0.717, 1.165) is 11.0 Å². The quantitative estimate of drug-likeness (QED) is 0.731. The van der Waals surface area contributed by atoms with Gasteiger partial charge in [0.15, 0.2) is 0 Å². The number of rotatable bonds is 1. The smallest absolute Gasteiger partial charge is 0.137 e. The lowest BCUT2D eigenvalue weighted by Gasteiger charge is -2.18. The summed E-state index contributed by atoms with van der Waals surface area (Å²) in [5, 5.41) is 12.5. The fourth-order valence-corrected chi connectivity index (χ4v) is 3.19. The van der Waals surface area contributed by atoms with Crippen molar-refractivity contribution >= 4 is 22.6 Å². The van der Waals surface area contributed by atoms with E-state index in [4.69, 9.17) is 16.0 Å². The summed E-state index contributed by atoms with van der Waals surface area (Å²) < 4.78 is 5.83. The molecule has 3 aromatic rings. The molecule has 2 aromatic carbocycles. The molecular weight excluding hydrogens is 272 g/mol. The van der Waals surface area contributed by atoms with Crippen LogP contribution in [-0.2, 0) is 18.4 Å². The summed E-state index contributed by atoms with van der Waals surface area (Å²) in [5.41, 5.74) is 2.19. The third-order valence-corrected chi connectivity index (χ3v) is 4.26. The zero-order chi connectivity index (χ0) is 13.7. The van der Waals surface area contributed by atoms with Crippen LogP contribution in [0.4, 0.5) is 0 Å². The van der Waals surface area contributed by atoms with Crippen molar-refractivity contribution in [2.75, 3.05) is 0 Å². The van der Waals surface area contributed by atoms with Gasteiger partial charge in [-0.1, -0.05) is 35.9 Å². The van der Waals surface area contributed by atoms with Crippen LogP contribution in [0.5, 0.6) is 0 Å². The molecule has 0 atom stereocenters. The second-order valence-electron chi connectivity index (χ2n) is 5.45. The van der Waals surface area contributed by atoms with E-state index in [1.54, 1.807) is 6.07 Å². The van der Waals surface area contributed by atoms with Gasteiger partial charge < -0.3 is 9.52 Å². The fourth-order valence-electron chi connectivity index (χ4n) is 3.01. The van der Waals surface area contributed by atoms with E-state index in [0.29, 0.717) is 23.6 Å². The van der Waals surface area contributed by atoms with Gasteiger partial charge in [0.2, 0.25) is 0 Å². The number of hydrogen-bond acceptors (Lipinski definition) is 2. The topological polar surface area (TPSA) is 33.4 Å². The van der Waals surface area contributed by atoms with Crippen molar-refractivity contribution in [1.82, 2.24) is 0 Å². The summed E-state index contributed by atoms with van der Waals surface area (Å²) in [4.78, 5) is 0. The zero-order valence-corrected chi connectivity index (χ0v) is 11.5. The van der Waals surface area contributed by atoms with Gasteiger partial charge in [-0.2, -0.15) is 0 Å². The molecule has 0 bridgehead atoms. The lowest BCUT2D eigenvalue weighted by atomic mass is 9.97. The fraction of sp³-hybridized carbons (Fsp3) is 0.176. The molecule has 0 saturated heterocycles. The summed E-state index contributed by atoms with van der Waals surface area (Å²) >= 11 is 5.99. The van der Waals surface area contributed by atoms with E-state index in [1.165, 1.54) is 11.1 Å². The maximum Gasteiger partial charge on any atom is 0.137 e. The molecule has 1 heterocycles. The summed E-state index contributed by atoms with van der Waals surface area (Å²) in [5.74, 6) is 0.617. The third-order valence-electron chi connectivity index (χ3n) is 4.02. The SMILES string of the molecule is OC1(c2cc3cc(Cl)ccc3o2)Cc2ccccc2C1. The van der Waals surface area contributed by atoms with Crippen LogP contribution in [-0.4, -0.2) is 5.11 Å². The van der Waals surface area contributed by atoms with Crippen molar-refractivity contribution in [3.05, 3.63) is 70.4 Å². The van der Waals surface area contributed by atoms with Crippen LogP contribution < -0.4 is 0 Å². The third kappa shape index (κ3) is 1.76. The van der Waals surface area contributed by atoms with Crippen molar-refractivity contribution < 1.29 is 9.52 Å². The Kier molecular flexibility index (Phi) is 2.47. The van der Waals surface area contributed by atoms with E-state index < -0.39 is 5.60 Å². The highest BCUT2D eigenvalue weighted by atomic mass is 35.5. The Morgan fingerprint density at radius 1 is 1.00 bits per heavy atom. The first kappa shape index (κ1) is 12.0. The minimum absolute atomic E-state index is 0.594. The number of halogens is 1. The second kappa shape index (κ2) is 4.11. The highest BCUT2D eigenvalue weighted by molar-refractivity contribution is 6.31. The van der Waals surface area contributed by atoms with Crippen LogP contribution in [0.25, 0.3) is 11.0 Å². The molecular formula is C17H13ClO2. The Morgan fingerprint density at radius 3 is 2.40 bits per heavy atom. The van der Waals surface area contributed by atoms with Gasteiger partial charge in [0.1, 0.15) is 16.9 Å². The Labute approximate surface area is 121 Å². The molecule has 0 spiro atoms. The normalized spacial score (nSPS) is 16.5. The molecule has 4 rings (SSSR count). The molecule has 2 nitrogen and oxygen atoms in total. The monoisotopic (exact) mass is 284 g/mol. The van der Waals surface area contributed by atoms with Crippen molar-refractivity contribution in [3.8, 4) is 0 Å². The molecule has 0 unspecified atom stereocenters. The molecule has 100 valence electrons. The highest BCUT2D eigenvalue weighted by Crippen LogP contribution is 2.39. The van der Waals surface area contributed by atoms with E-state index in [2.05, 4.69) is 12.1 Å². The standard InChI is InChI=1S/C17H13ClO2/c18-14-5-6-15-13(7-14)8-16(20-15)17(19)9-11-3-1-2-4-12(11)10-17/h1-8,19H,9-10H2. The van der Waals surface area contributed by atoms with Crippen LogP contribution in [0, 0.1) is 0 Å². The predicted octanol–water partition coefficient (Wildman–Crippen LogP) is 4.07. The minimum Gasteiger partial charge on any atom is -0.458 e. The molecule has 0 aliphatic heterocycles. The van der Waals surface area contributed by atoms with Gasteiger partial charge in [-0.15, -0.1) is 0 Å². The summed E-state index contributed by atoms with van der Waals surface area (Å²) in [6.45, 7) is 0. The van der Waals surface area contributed by atoms with Gasteiger partial charge in [-0.25, -0.2) is 0 Å². The first-order valence-electron chi connectivity index (χ1n) is 6.63. The van der Waals surface area contributed by atoms with Gasteiger partial charge in [-0.05, 0) is 35.4 Å². The van der Waals surface area contributed by atoms with Crippen LogP contribution in [0.15, 0.2) is 52.9 Å². The van der Waals surface area contributed by atoms with Crippen molar-refractivity contribution in [1.29, 1.82) is 0 Å². The summed E-state index contributed by atoms with van der Waals surface area (Å²) in [7, 11) is 0. The number of fused-ring (bicyclic) bond motifs is 2. The molecule has 0 amide bonds. The van der Waals surface area contributed by atoms with Gasteiger partial charge in [0, 0.05) is 23.3 Å². The maximum absolute atomic E-state index is 10.9. The maximum atomic E-state index is 10.9. The first-order chi connectivity index (χ1) is 9.64. The highest BCUT2D eigenvalue weighted by Gasteiger charge is 2.39. The van der Waals surface area contributed by atoms with Crippen LogP contribution >= 0.6 is 11.6 Å².